The lowest BCUT2D eigenvalue weighted by molar-refractivity contribution is 0.296. The minimum absolute atomic E-state index is 0.0548. The van der Waals surface area contributed by atoms with E-state index in [2.05, 4.69) is 33.0 Å². The van der Waals surface area contributed by atoms with Gasteiger partial charge in [-0.15, -0.1) is 0 Å². The second-order valence-electron chi connectivity index (χ2n) is 7.05. The molecule has 3 aromatic rings. The van der Waals surface area contributed by atoms with Crippen molar-refractivity contribution in [1.29, 1.82) is 5.41 Å². The molecule has 1 heterocycles. The maximum Gasteiger partial charge on any atom is 0.143 e. The van der Waals surface area contributed by atoms with Crippen molar-refractivity contribution in [2.45, 2.75) is 19.7 Å². The Kier molecular flexibility index (Phi) is 6.82. The molecule has 0 atom stereocenters. The maximum atomic E-state index is 13.8. The SMILES string of the molecule is CN(C)Cc1cccc(Cn2ccc(OCc3ccc(F)cc3F)c(Br)c2=N)c1. The molecule has 29 heavy (non-hydrogen) atoms. The van der Waals surface area contributed by atoms with Crippen molar-refractivity contribution in [2.24, 2.45) is 0 Å². The molecule has 0 fully saturated rings. The maximum absolute atomic E-state index is 13.8. The Labute approximate surface area is 177 Å². The van der Waals surface area contributed by atoms with Gasteiger partial charge in [0.2, 0.25) is 0 Å². The van der Waals surface area contributed by atoms with Gasteiger partial charge in [0.15, 0.2) is 0 Å². The summed E-state index contributed by atoms with van der Waals surface area (Å²) in [7, 11) is 4.05. The van der Waals surface area contributed by atoms with Crippen LogP contribution in [0.15, 0.2) is 59.2 Å². The Morgan fingerprint density at radius 1 is 1.07 bits per heavy atom. The van der Waals surface area contributed by atoms with E-state index in [0.717, 1.165) is 18.2 Å². The largest absolute Gasteiger partial charge is 0.487 e. The Balaban J connectivity index is 1.75. The molecule has 0 aliphatic heterocycles. The number of rotatable bonds is 7. The highest BCUT2D eigenvalue weighted by Crippen LogP contribution is 2.22. The van der Waals surface area contributed by atoms with Gasteiger partial charge in [-0.05, 0) is 59.4 Å². The second kappa shape index (κ2) is 9.33. The molecule has 1 aromatic heterocycles. The van der Waals surface area contributed by atoms with E-state index >= 15 is 0 Å². The average molecular weight is 462 g/mol. The summed E-state index contributed by atoms with van der Waals surface area (Å²) in [6, 6.07) is 13.4. The van der Waals surface area contributed by atoms with E-state index in [-0.39, 0.29) is 17.7 Å². The smallest absolute Gasteiger partial charge is 0.143 e. The molecule has 1 N–H and O–H groups in total. The minimum Gasteiger partial charge on any atom is -0.487 e. The van der Waals surface area contributed by atoms with Gasteiger partial charge in [-0.25, -0.2) is 8.78 Å². The second-order valence-corrected chi connectivity index (χ2v) is 7.85. The number of hydrogen-bond acceptors (Lipinski definition) is 3. The van der Waals surface area contributed by atoms with E-state index in [1.54, 1.807) is 16.8 Å². The monoisotopic (exact) mass is 461 g/mol. The van der Waals surface area contributed by atoms with Crippen molar-refractivity contribution < 1.29 is 13.5 Å². The zero-order chi connectivity index (χ0) is 21.0. The summed E-state index contributed by atoms with van der Waals surface area (Å²) >= 11 is 3.40. The van der Waals surface area contributed by atoms with Crippen LogP contribution in [0, 0.1) is 17.0 Å². The standard InChI is InChI=1S/C22H22BrF2N3O/c1-27(2)12-15-4-3-5-16(10-15)13-28-9-8-20(21(23)22(28)26)29-14-17-6-7-18(24)11-19(17)25/h3-11,26H,12-14H2,1-2H3. The van der Waals surface area contributed by atoms with E-state index in [1.807, 2.05) is 26.2 Å². The van der Waals surface area contributed by atoms with Gasteiger partial charge in [0.1, 0.15) is 34.0 Å². The molecule has 2 aromatic carbocycles. The quantitative estimate of drug-likeness (QED) is 0.553. The summed E-state index contributed by atoms with van der Waals surface area (Å²) in [6.07, 6.45) is 1.77. The predicted molar refractivity (Wildman–Crippen MR) is 112 cm³/mol. The highest BCUT2D eigenvalue weighted by Gasteiger charge is 2.10. The summed E-state index contributed by atoms with van der Waals surface area (Å²) in [6.45, 7) is 1.34. The van der Waals surface area contributed by atoms with Crippen molar-refractivity contribution in [3.05, 3.63) is 93.0 Å². The van der Waals surface area contributed by atoms with Gasteiger partial charge < -0.3 is 14.2 Å². The van der Waals surface area contributed by atoms with Crippen LogP contribution < -0.4 is 10.2 Å². The lowest BCUT2D eigenvalue weighted by atomic mass is 10.1. The van der Waals surface area contributed by atoms with E-state index in [0.29, 0.717) is 16.8 Å². The van der Waals surface area contributed by atoms with Crippen LogP contribution in [0.5, 0.6) is 5.75 Å². The molecular formula is C22H22BrF2N3O. The van der Waals surface area contributed by atoms with Crippen molar-refractivity contribution in [3.8, 4) is 5.75 Å². The van der Waals surface area contributed by atoms with Crippen LogP contribution in [0.3, 0.4) is 0 Å². The highest BCUT2D eigenvalue weighted by atomic mass is 79.9. The number of pyridine rings is 1. The van der Waals surface area contributed by atoms with Crippen LogP contribution in [0.1, 0.15) is 16.7 Å². The molecule has 0 spiro atoms. The Morgan fingerprint density at radius 2 is 1.83 bits per heavy atom. The molecule has 3 rings (SSSR count). The summed E-state index contributed by atoms with van der Waals surface area (Å²) in [5, 5.41) is 8.41. The first kappa shape index (κ1) is 21.2. The van der Waals surface area contributed by atoms with Gasteiger partial charge in [-0.2, -0.15) is 0 Å². The third-order valence-electron chi connectivity index (χ3n) is 4.36. The zero-order valence-electron chi connectivity index (χ0n) is 16.3. The number of halogens is 3. The molecule has 4 nitrogen and oxygen atoms in total. The average Bonchev–Trinajstić information content (AvgIpc) is 2.66. The molecule has 0 aliphatic carbocycles. The summed E-state index contributed by atoms with van der Waals surface area (Å²) < 4.78 is 34.7. The summed E-state index contributed by atoms with van der Waals surface area (Å²) in [5.74, 6) is -0.858. The van der Waals surface area contributed by atoms with Crippen molar-refractivity contribution in [2.75, 3.05) is 14.1 Å². The van der Waals surface area contributed by atoms with Crippen molar-refractivity contribution >= 4 is 15.9 Å². The van der Waals surface area contributed by atoms with E-state index in [9.17, 15) is 8.78 Å². The van der Waals surface area contributed by atoms with Crippen LogP contribution in [0.4, 0.5) is 8.78 Å². The Bertz CT molecular complexity index is 1070. The molecule has 0 radical (unpaired) electrons. The molecular weight excluding hydrogens is 440 g/mol. The third kappa shape index (κ3) is 5.52. The fourth-order valence-corrected chi connectivity index (χ4v) is 3.45. The van der Waals surface area contributed by atoms with Crippen molar-refractivity contribution in [1.82, 2.24) is 9.47 Å². The van der Waals surface area contributed by atoms with Crippen LogP contribution >= 0.6 is 15.9 Å². The van der Waals surface area contributed by atoms with Gasteiger partial charge in [0.05, 0.1) is 0 Å². The van der Waals surface area contributed by atoms with Gasteiger partial charge in [-0.3, -0.25) is 5.41 Å². The first-order chi connectivity index (χ1) is 13.8. The molecule has 0 unspecified atom stereocenters. The Hall–Kier alpha value is -2.51. The van der Waals surface area contributed by atoms with Gasteiger partial charge in [0, 0.05) is 30.9 Å². The molecule has 152 valence electrons. The summed E-state index contributed by atoms with van der Waals surface area (Å²) in [5.41, 5.74) is 2.80. The fraction of sp³-hybridized carbons (Fsp3) is 0.227. The van der Waals surface area contributed by atoms with Crippen molar-refractivity contribution in [3.63, 3.8) is 0 Å². The zero-order valence-corrected chi connectivity index (χ0v) is 17.8. The number of ether oxygens (including phenoxy) is 1. The first-order valence-corrected chi connectivity index (χ1v) is 9.85. The van der Waals surface area contributed by atoms with Crippen LogP contribution in [0.2, 0.25) is 0 Å². The third-order valence-corrected chi connectivity index (χ3v) is 5.13. The molecule has 7 heteroatoms. The van der Waals surface area contributed by atoms with Gasteiger partial charge >= 0.3 is 0 Å². The first-order valence-electron chi connectivity index (χ1n) is 9.06. The predicted octanol–water partition coefficient (Wildman–Crippen LogP) is 4.70. The molecule has 0 bridgehead atoms. The highest BCUT2D eigenvalue weighted by molar-refractivity contribution is 9.10. The number of aromatic nitrogens is 1. The molecule has 0 saturated carbocycles. The van der Waals surface area contributed by atoms with Crippen LogP contribution in [0.25, 0.3) is 0 Å². The molecule has 0 saturated heterocycles. The number of nitrogens with one attached hydrogen (secondary N) is 1. The van der Waals surface area contributed by atoms with Gasteiger partial charge in [-0.1, -0.05) is 24.3 Å². The normalized spacial score (nSPS) is 11.1. The lowest BCUT2D eigenvalue weighted by Crippen LogP contribution is -2.21. The molecule has 0 aliphatic rings. The van der Waals surface area contributed by atoms with E-state index < -0.39 is 11.6 Å². The van der Waals surface area contributed by atoms with Crippen LogP contribution in [-0.2, 0) is 19.7 Å². The Morgan fingerprint density at radius 3 is 2.55 bits per heavy atom. The number of benzene rings is 2. The van der Waals surface area contributed by atoms with E-state index in [4.69, 9.17) is 10.1 Å². The fourth-order valence-electron chi connectivity index (χ4n) is 2.97. The summed E-state index contributed by atoms with van der Waals surface area (Å²) in [4.78, 5) is 2.11. The number of hydrogen-bond donors (Lipinski definition) is 1. The minimum atomic E-state index is -0.657. The molecule has 0 amide bonds. The number of nitrogens with zero attached hydrogens (tertiary/aromatic N) is 2. The van der Waals surface area contributed by atoms with E-state index in [1.165, 1.54) is 17.7 Å². The van der Waals surface area contributed by atoms with Crippen LogP contribution in [-0.4, -0.2) is 23.6 Å². The lowest BCUT2D eigenvalue weighted by Gasteiger charge is -2.14. The van der Waals surface area contributed by atoms with Gasteiger partial charge in [0.25, 0.3) is 0 Å². The topological polar surface area (TPSA) is 41.2 Å².